The van der Waals surface area contributed by atoms with E-state index in [2.05, 4.69) is 41.3 Å². The van der Waals surface area contributed by atoms with Crippen molar-refractivity contribution >= 4 is 16.7 Å². The number of nitrogens with zero attached hydrogens (tertiary/aromatic N) is 1. The number of rotatable bonds is 6. The molecule has 3 aromatic carbocycles. The molecule has 29 heavy (non-hydrogen) atoms. The monoisotopic (exact) mass is 389 g/mol. The Morgan fingerprint density at radius 3 is 2.62 bits per heavy atom. The van der Waals surface area contributed by atoms with Gasteiger partial charge in [0, 0.05) is 5.56 Å². The molecule has 0 amide bonds. The number of carboxylic acid groups (broad SMARTS) is 1. The fourth-order valence-corrected chi connectivity index (χ4v) is 4.45. The van der Waals surface area contributed by atoms with Crippen molar-refractivity contribution in [3.63, 3.8) is 0 Å². The summed E-state index contributed by atoms with van der Waals surface area (Å²) in [6.07, 6.45) is 2.63. The third-order valence-electron chi connectivity index (χ3n) is 5.76. The van der Waals surface area contributed by atoms with E-state index in [1.807, 2.05) is 37.3 Å². The predicted octanol–water partition coefficient (Wildman–Crippen LogP) is 5.27. The van der Waals surface area contributed by atoms with Crippen molar-refractivity contribution in [2.24, 2.45) is 0 Å². The molecule has 4 nitrogen and oxygen atoms in total. The van der Waals surface area contributed by atoms with Crippen molar-refractivity contribution in [2.45, 2.75) is 38.3 Å². The third kappa shape index (κ3) is 3.99. The topological polar surface area (TPSA) is 49.8 Å². The van der Waals surface area contributed by atoms with Gasteiger partial charge in [-0.25, -0.2) is 0 Å². The Labute approximate surface area is 171 Å². The van der Waals surface area contributed by atoms with Gasteiger partial charge in [-0.3, -0.25) is 9.69 Å². The van der Waals surface area contributed by atoms with Crippen molar-refractivity contribution in [1.29, 1.82) is 0 Å². The number of likely N-dealkylation sites (tertiary alicyclic amines) is 1. The van der Waals surface area contributed by atoms with E-state index in [9.17, 15) is 9.90 Å². The van der Waals surface area contributed by atoms with Gasteiger partial charge in [-0.15, -0.1) is 0 Å². The molecular formula is C25H27NO3. The second kappa shape index (κ2) is 8.66. The van der Waals surface area contributed by atoms with Gasteiger partial charge in [-0.05, 0) is 54.8 Å². The average Bonchev–Trinajstić information content (AvgIpc) is 2.75. The summed E-state index contributed by atoms with van der Waals surface area (Å²) in [4.78, 5) is 14.2. The van der Waals surface area contributed by atoms with Gasteiger partial charge in [-0.1, -0.05) is 61.0 Å². The molecule has 0 spiro atoms. The van der Waals surface area contributed by atoms with E-state index in [4.69, 9.17) is 4.74 Å². The van der Waals surface area contributed by atoms with Gasteiger partial charge in [0.15, 0.2) is 0 Å². The summed E-state index contributed by atoms with van der Waals surface area (Å²) in [6, 6.07) is 22.1. The van der Waals surface area contributed by atoms with E-state index in [-0.39, 0.29) is 6.04 Å². The largest absolute Gasteiger partial charge is 0.494 e. The Morgan fingerprint density at radius 1 is 1.07 bits per heavy atom. The summed E-state index contributed by atoms with van der Waals surface area (Å²) < 4.78 is 5.94. The molecule has 1 fully saturated rings. The highest BCUT2D eigenvalue weighted by Crippen LogP contribution is 2.39. The number of carboxylic acids is 1. The number of piperidine rings is 1. The maximum Gasteiger partial charge on any atom is 0.320 e. The number of hydrogen-bond acceptors (Lipinski definition) is 3. The lowest BCUT2D eigenvalue weighted by molar-refractivity contribution is -0.145. The summed E-state index contributed by atoms with van der Waals surface area (Å²) in [5, 5.41) is 12.3. The highest BCUT2D eigenvalue weighted by Gasteiger charge is 2.36. The Morgan fingerprint density at radius 2 is 1.83 bits per heavy atom. The van der Waals surface area contributed by atoms with Crippen LogP contribution in [0.5, 0.6) is 5.75 Å². The molecule has 0 aliphatic carbocycles. The van der Waals surface area contributed by atoms with Gasteiger partial charge in [0.05, 0.1) is 12.6 Å². The molecule has 3 aromatic rings. The molecule has 0 saturated carbocycles. The van der Waals surface area contributed by atoms with Gasteiger partial charge in [0.1, 0.15) is 11.8 Å². The number of carbonyl (C=O) groups is 1. The van der Waals surface area contributed by atoms with Crippen LogP contribution in [0.25, 0.3) is 10.8 Å². The third-order valence-corrected chi connectivity index (χ3v) is 5.76. The fourth-order valence-electron chi connectivity index (χ4n) is 4.45. The number of ether oxygens (including phenoxy) is 1. The standard InChI is InChI=1S/C25H27NO3/c1-2-29-23-13-6-5-11-21(23)24(26-16-8-7-12-22(26)25(27)28)20-15-14-18-9-3-4-10-19(18)17-20/h3-6,9-11,13-15,17,22,24H,2,7-8,12,16H2,1H3,(H,27,28). The van der Waals surface area contributed by atoms with Crippen LogP contribution in [-0.2, 0) is 4.79 Å². The van der Waals surface area contributed by atoms with Gasteiger partial charge >= 0.3 is 5.97 Å². The van der Waals surface area contributed by atoms with E-state index in [0.29, 0.717) is 13.0 Å². The summed E-state index contributed by atoms with van der Waals surface area (Å²) in [5.41, 5.74) is 2.13. The smallest absolute Gasteiger partial charge is 0.320 e. The van der Waals surface area contributed by atoms with Crippen LogP contribution in [0.2, 0.25) is 0 Å². The SMILES string of the molecule is CCOc1ccccc1C(c1ccc2ccccc2c1)N1CCCCC1C(=O)O. The first-order valence-electron chi connectivity index (χ1n) is 10.4. The highest BCUT2D eigenvalue weighted by atomic mass is 16.5. The molecular weight excluding hydrogens is 362 g/mol. The molecule has 0 aromatic heterocycles. The van der Waals surface area contributed by atoms with Crippen LogP contribution in [0.3, 0.4) is 0 Å². The number of benzene rings is 3. The summed E-state index contributed by atoms with van der Waals surface area (Å²) in [7, 11) is 0. The van der Waals surface area contributed by atoms with E-state index in [0.717, 1.165) is 41.6 Å². The van der Waals surface area contributed by atoms with Crippen LogP contribution in [0.4, 0.5) is 0 Å². The maximum absolute atomic E-state index is 12.1. The first-order valence-corrected chi connectivity index (χ1v) is 10.4. The van der Waals surface area contributed by atoms with Crippen LogP contribution < -0.4 is 4.74 Å². The van der Waals surface area contributed by atoms with Crippen LogP contribution in [0.1, 0.15) is 43.4 Å². The summed E-state index contributed by atoms with van der Waals surface area (Å²) >= 11 is 0. The predicted molar refractivity (Wildman–Crippen MR) is 115 cm³/mol. The quantitative estimate of drug-likeness (QED) is 0.624. The second-order valence-corrected chi connectivity index (χ2v) is 7.57. The molecule has 0 bridgehead atoms. The van der Waals surface area contributed by atoms with Crippen molar-refractivity contribution in [3.8, 4) is 5.75 Å². The van der Waals surface area contributed by atoms with E-state index in [1.165, 1.54) is 5.39 Å². The van der Waals surface area contributed by atoms with Crippen molar-refractivity contribution in [1.82, 2.24) is 4.90 Å². The van der Waals surface area contributed by atoms with E-state index >= 15 is 0 Å². The minimum Gasteiger partial charge on any atom is -0.494 e. The van der Waals surface area contributed by atoms with Crippen molar-refractivity contribution in [3.05, 3.63) is 77.9 Å². The van der Waals surface area contributed by atoms with Crippen LogP contribution in [0, 0.1) is 0 Å². The first-order chi connectivity index (χ1) is 14.2. The molecule has 150 valence electrons. The first kappa shape index (κ1) is 19.5. The molecule has 1 saturated heterocycles. The Balaban J connectivity index is 1.87. The molecule has 4 rings (SSSR count). The molecule has 2 unspecified atom stereocenters. The molecule has 0 radical (unpaired) electrons. The van der Waals surface area contributed by atoms with E-state index in [1.54, 1.807) is 0 Å². The molecule has 4 heteroatoms. The van der Waals surface area contributed by atoms with Crippen molar-refractivity contribution in [2.75, 3.05) is 13.2 Å². The maximum atomic E-state index is 12.1. The average molecular weight is 389 g/mol. The number of hydrogen-bond donors (Lipinski definition) is 1. The number of aliphatic carboxylic acids is 1. The molecule has 1 aliphatic rings. The van der Waals surface area contributed by atoms with Crippen LogP contribution >= 0.6 is 0 Å². The summed E-state index contributed by atoms with van der Waals surface area (Å²) in [5.74, 6) is 0.0762. The Bertz CT molecular complexity index is 1000. The molecule has 1 aliphatic heterocycles. The van der Waals surface area contributed by atoms with Gasteiger partial charge in [0.25, 0.3) is 0 Å². The number of fused-ring (bicyclic) bond motifs is 1. The highest BCUT2D eigenvalue weighted by molar-refractivity contribution is 5.83. The lowest BCUT2D eigenvalue weighted by atomic mass is 9.90. The second-order valence-electron chi connectivity index (χ2n) is 7.57. The molecule has 1 heterocycles. The lowest BCUT2D eigenvalue weighted by Crippen LogP contribution is -2.46. The zero-order chi connectivity index (χ0) is 20.2. The van der Waals surface area contributed by atoms with Crippen LogP contribution in [0.15, 0.2) is 66.7 Å². The minimum atomic E-state index is -0.746. The molecule has 2 atom stereocenters. The normalized spacial score (nSPS) is 18.4. The zero-order valence-corrected chi connectivity index (χ0v) is 16.8. The molecule has 1 N–H and O–H groups in total. The van der Waals surface area contributed by atoms with E-state index < -0.39 is 12.0 Å². The van der Waals surface area contributed by atoms with Crippen molar-refractivity contribution < 1.29 is 14.6 Å². The Kier molecular flexibility index (Phi) is 5.81. The van der Waals surface area contributed by atoms with Crippen LogP contribution in [-0.4, -0.2) is 35.2 Å². The Hall–Kier alpha value is -2.85. The minimum absolute atomic E-state index is 0.163. The fraction of sp³-hybridized carbons (Fsp3) is 0.320. The van der Waals surface area contributed by atoms with Gasteiger partial charge in [-0.2, -0.15) is 0 Å². The lowest BCUT2D eigenvalue weighted by Gasteiger charge is -2.40. The van der Waals surface area contributed by atoms with Gasteiger partial charge in [0.2, 0.25) is 0 Å². The number of para-hydroxylation sites is 1. The van der Waals surface area contributed by atoms with Gasteiger partial charge < -0.3 is 9.84 Å². The zero-order valence-electron chi connectivity index (χ0n) is 16.8. The summed E-state index contributed by atoms with van der Waals surface area (Å²) in [6.45, 7) is 3.31.